The van der Waals surface area contributed by atoms with Crippen molar-refractivity contribution in [1.29, 1.82) is 0 Å². The van der Waals surface area contributed by atoms with Gasteiger partial charge in [-0.25, -0.2) is 8.42 Å². The molecule has 0 aromatic heterocycles. The van der Waals surface area contributed by atoms with Crippen LogP contribution in [0.2, 0.25) is 5.02 Å². The summed E-state index contributed by atoms with van der Waals surface area (Å²) < 4.78 is 31.7. The largest absolute Gasteiger partial charge is 0.379 e. The van der Waals surface area contributed by atoms with Gasteiger partial charge in [-0.15, -0.1) is 0 Å². The van der Waals surface area contributed by atoms with Gasteiger partial charge in [-0.1, -0.05) is 11.6 Å². The molecular formula is C17H16ClN3O6S. The average molecular weight is 426 g/mol. The number of ether oxygens (including phenoxy) is 1. The number of carbonyl (C=O) groups is 1. The zero-order chi connectivity index (χ0) is 20.3. The minimum atomic E-state index is -3.65. The van der Waals surface area contributed by atoms with Gasteiger partial charge in [-0.3, -0.25) is 14.9 Å². The molecule has 148 valence electrons. The highest BCUT2D eigenvalue weighted by molar-refractivity contribution is 7.89. The molecule has 0 radical (unpaired) electrons. The van der Waals surface area contributed by atoms with Gasteiger partial charge in [0.15, 0.2) is 0 Å². The first kappa shape index (κ1) is 20.2. The van der Waals surface area contributed by atoms with E-state index in [1.165, 1.54) is 40.7 Å². The van der Waals surface area contributed by atoms with E-state index in [2.05, 4.69) is 5.32 Å². The predicted octanol–water partition coefficient (Wildman–Crippen LogP) is 2.52. The van der Waals surface area contributed by atoms with Crippen LogP contribution < -0.4 is 5.32 Å². The third-order valence-electron chi connectivity index (χ3n) is 4.12. The Labute approximate surface area is 166 Å². The average Bonchev–Trinajstić information content (AvgIpc) is 2.68. The first-order chi connectivity index (χ1) is 13.3. The van der Waals surface area contributed by atoms with Crippen molar-refractivity contribution in [3.05, 3.63) is 63.2 Å². The summed E-state index contributed by atoms with van der Waals surface area (Å²) in [5.74, 6) is -0.724. The Morgan fingerprint density at radius 1 is 1.14 bits per heavy atom. The van der Waals surface area contributed by atoms with E-state index in [0.29, 0.717) is 18.9 Å². The fourth-order valence-electron chi connectivity index (χ4n) is 2.69. The standard InChI is InChI=1S/C17H16ClN3O6S/c18-12-1-6-16(21(23)24)15(11-12)17(22)19-13-2-4-14(5-3-13)28(25,26)20-7-9-27-10-8-20/h1-6,11H,7-10H2,(H,19,22). The van der Waals surface area contributed by atoms with Crippen molar-refractivity contribution >= 4 is 38.9 Å². The van der Waals surface area contributed by atoms with Crippen LogP contribution >= 0.6 is 11.6 Å². The monoisotopic (exact) mass is 425 g/mol. The lowest BCUT2D eigenvalue weighted by atomic mass is 10.1. The number of halogens is 1. The summed E-state index contributed by atoms with van der Waals surface area (Å²) in [6.45, 7) is 1.23. The molecule has 1 amide bonds. The third-order valence-corrected chi connectivity index (χ3v) is 6.27. The van der Waals surface area contributed by atoms with Crippen LogP contribution in [0.5, 0.6) is 0 Å². The van der Waals surface area contributed by atoms with Crippen LogP contribution in [0.25, 0.3) is 0 Å². The molecule has 1 saturated heterocycles. The highest BCUT2D eigenvalue weighted by atomic mass is 35.5. The summed E-state index contributed by atoms with van der Waals surface area (Å²) in [7, 11) is -3.65. The van der Waals surface area contributed by atoms with Crippen molar-refractivity contribution in [2.45, 2.75) is 4.90 Å². The Morgan fingerprint density at radius 2 is 1.79 bits per heavy atom. The first-order valence-corrected chi connectivity index (χ1v) is 10.0. The highest BCUT2D eigenvalue weighted by Crippen LogP contribution is 2.25. The van der Waals surface area contributed by atoms with Gasteiger partial charge >= 0.3 is 0 Å². The van der Waals surface area contributed by atoms with Crippen molar-refractivity contribution in [3.63, 3.8) is 0 Å². The lowest BCUT2D eigenvalue weighted by Gasteiger charge is -2.26. The number of rotatable bonds is 5. The molecule has 1 heterocycles. The van der Waals surface area contributed by atoms with Crippen molar-refractivity contribution in [1.82, 2.24) is 4.31 Å². The topological polar surface area (TPSA) is 119 Å². The number of morpholine rings is 1. The molecule has 0 unspecified atom stereocenters. The minimum Gasteiger partial charge on any atom is -0.379 e. The van der Waals surface area contributed by atoms with Crippen LogP contribution in [0.15, 0.2) is 47.4 Å². The van der Waals surface area contributed by atoms with Crippen LogP contribution in [-0.4, -0.2) is 49.9 Å². The molecular weight excluding hydrogens is 410 g/mol. The summed E-state index contributed by atoms with van der Waals surface area (Å²) in [6, 6.07) is 9.24. The lowest BCUT2D eigenvalue weighted by Crippen LogP contribution is -2.40. The van der Waals surface area contributed by atoms with E-state index < -0.39 is 20.9 Å². The molecule has 11 heteroatoms. The summed E-state index contributed by atoms with van der Waals surface area (Å²) in [6.07, 6.45) is 0. The van der Waals surface area contributed by atoms with Gasteiger partial charge in [0.2, 0.25) is 10.0 Å². The maximum atomic E-state index is 12.6. The SMILES string of the molecule is O=C(Nc1ccc(S(=O)(=O)N2CCOCC2)cc1)c1cc(Cl)ccc1[N+](=O)[O-]. The fourth-order valence-corrected chi connectivity index (χ4v) is 4.27. The second-order valence-electron chi connectivity index (χ2n) is 5.91. The van der Waals surface area contributed by atoms with Crippen LogP contribution in [-0.2, 0) is 14.8 Å². The summed E-state index contributed by atoms with van der Waals surface area (Å²) in [5, 5.41) is 13.8. The quantitative estimate of drug-likeness (QED) is 0.580. The summed E-state index contributed by atoms with van der Waals surface area (Å²) in [5.41, 5.74) is -0.281. The normalized spacial score (nSPS) is 15.2. The van der Waals surface area contributed by atoms with Gasteiger partial charge in [0, 0.05) is 29.9 Å². The Balaban J connectivity index is 1.79. The summed E-state index contributed by atoms with van der Waals surface area (Å²) >= 11 is 5.83. The number of nitro groups is 1. The molecule has 0 aliphatic carbocycles. The van der Waals surface area contributed by atoms with Crippen molar-refractivity contribution in [2.75, 3.05) is 31.6 Å². The molecule has 1 fully saturated rings. The molecule has 0 saturated carbocycles. The Kier molecular flexibility index (Phi) is 5.94. The van der Waals surface area contributed by atoms with Crippen molar-refractivity contribution < 1.29 is 22.9 Å². The number of amides is 1. The first-order valence-electron chi connectivity index (χ1n) is 8.22. The molecule has 1 aliphatic heterocycles. The number of hydrogen-bond donors (Lipinski definition) is 1. The number of carbonyl (C=O) groups excluding carboxylic acids is 1. The van der Waals surface area contributed by atoms with Crippen molar-refractivity contribution in [3.8, 4) is 0 Å². The molecule has 9 nitrogen and oxygen atoms in total. The molecule has 2 aromatic carbocycles. The molecule has 3 rings (SSSR count). The van der Waals surface area contributed by atoms with Gasteiger partial charge in [0.1, 0.15) is 5.56 Å². The molecule has 1 aliphatic rings. The van der Waals surface area contributed by atoms with E-state index >= 15 is 0 Å². The van der Waals surface area contributed by atoms with Gasteiger partial charge < -0.3 is 10.1 Å². The van der Waals surface area contributed by atoms with Gasteiger partial charge in [0.25, 0.3) is 11.6 Å². The second kappa shape index (κ2) is 8.23. The third kappa shape index (κ3) is 4.30. The van der Waals surface area contributed by atoms with Gasteiger partial charge in [-0.05, 0) is 36.4 Å². The zero-order valence-corrected chi connectivity index (χ0v) is 16.1. The zero-order valence-electron chi connectivity index (χ0n) is 14.5. The van der Waals surface area contributed by atoms with Crippen LogP contribution in [0.1, 0.15) is 10.4 Å². The predicted molar refractivity (Wildman–Crippen MR) is 102 cm³/mol. The minimum absolute atomic E-state index is 0.0844. The van der Waals surface area contributed by atoms with Crippen LogP contribution in [0.4, 0.5) is 11.4 Å². The molecule has 0 bridgehead atoms. The molecule has 0 atom stereocenters. The number of nitrogens with one attached hydrogen (secondary N) is 1. The van der Waals surface area contributed by atoms with E-state index in [1.807, 2.05) is 0 Å². The van der Waals surface area contributed by atoms with Crippen LogP contribution in [0, 0.1) is 10.1 Å². The number of nitrogens with zero attached hydrogens (tertiary/aromatic N) is 2. The van der Waals surface area contributed by atoms with Gasteiger partial charge in [-0.2, -0.15) is 4.31 Å². The number of hydrogen-bond acceptors (Lipinski definition) is 6. The maximum Gasteiger partial charge on any atom is 0.282 e. The second-order valence-corrected chi connectivity index (χ2v) is 8.29. The molecule has 28 heavy (non-hydrogen) atoms. The number of nitro benzene ring substituents is 1. The summed E-state index contributed by atoms with van der Waals surface area (Å²) in [4.78, 5) is 22.9. The molecule has 2 aromatic rings. The van der Waals surface area contributed by atoms with E-state index in [9.17, 15) is 23.3 Å². The van der Waals surface area contributed by atoms with Crippen LogP contribution in [0.3, 0.4) is 0 Å². The van der Waals surface area contributed by atoms with E-state index in [-0.39, 0.29) is 34.3 Å². The number of sulfonamides is 1. The Bertz CT molecular complexity index is 1000. The van der Waals surface area contributed by atoms with Crippen molar-refractivity contribution in [2.24, 2.45) is 0 Å². The van der Waals surface area contributed by atoms with E-state index in [1.54, 1.807) is 0 Å². The fraction of sp³-hybridized carbons (Fsp3) is 0.235. The molecule has 0 spiro atoms. The van der Waals surface area contributed by atoms with Gasteiger partial charge in [0.05, 0.1) is 23.0 Å². The smallest absolute Gasteiger partial charge is 0.282 e. The lowest BCUT2D eigenvalue weighted by molar-refractivity contribution is -0.385. The Morgan fingerprint density at radius 3 is 2.39 bits per heavy atom. The number of anilines is 1. The highest BCUT2D eigenvalue weighted by Gasteiger charge is 2.26. The van der Waals surface area contributed by atoms with E-state index in [4.69, 9.17) is 16.3 Å². The molecule has 1 N–H and O–H groups in total. The number of benzene rings is 2. The maximum absolute atomic E-state index is 12.6. The van der Waals surface area contributed by atoms with E-state index in [0.717, 1.165) is 6.07 Å². The Hall–Kier alpha value is -2.53.